The maximum absolute atomic E-state index is 9.63. The van der Waals surface area contributed by atoms with Gasteiger partial charge in [-0.3, -0.25) is 0 Å². The van der Waals surface area contributed by atoms with Crippen LogP contribution < -0.4 is 15.0 Å². The summed E-state index contributed by atoms with van der Waals surface area (Å²) in [5.74, 6) is 0. The Balaban J connectivity index is 1.24. The highest BCUT2D eigenvalue weighted by atomic mass is 28.3. The lowest BCUT2D eigenvalue weighted by Gasteiger charge is -2.30. The third-order valence-electron chi connectivity index (χ3n) is 11.4. The normalized spacial score (nSPS) is 12.9. The average molecular weight is 726 g/mol. The number of hydrogen-bond donors (Lipinski definition) is 0. The second-order valence-electron chi connectivity index (χ2n) is 16.2. The molecule has 1 aliphatic carbocycles. The van der Waals surface area contributed by atoms with Crippen LogP contribution in [0.25, 0.3) is 32.7 Å². The molecule has 8 aromatic carbocycles. The largest absolute Gasteiger partial charge is 0.310 e. The molecule has 0 unspecified atom stereocenters. The van der Waals surface area contributed by atoms with Gasteiger partial charge in [0.25, 0.3) is 0 Å². The topological polar surface area (TPSA) is 30.3 Å². The first-order valence-corrected chi connectivity index (χ1v) is 22.6. The Morgan fingerprint density at radius 2 is 1.05 bits per heavy atom. The van der Waals surface area contributed by atoms with Crippen LogP contribution in [0.3, 0.4) is 0 Å². The van der Waals surface area contributed by atoms with Crippen molar-refractivity contribution < 1.29 is 0 Å². The number of anilines is 6. The fourth-order valence-electron chi connectivity index (χ4n) is 8.51. The number of benzene rings is 8. The summed E-state index contributed by atoms with van der Waals surface area (Å²) in [6, 6.07) is 63.7. The molecule has 0 radical (unpaired) electrons. The van der Waals surface area contributed by atoms with Gasteiger partial charge in [-0.25, -0.2) is 0 Å². The first-order valence-electron chi connectivity index (χ1n) is 19.1. The molecular formula is C51H43N3Si. The van der Waals surface area contributed by atoms with Gasteiger partial charge in [-0.2, -0.15) is 5.26 Å². The molecule has 0 saturated heterocycles. The van der Waals surface area contributed by atoms with Crippen LogP contribution in [-0.4, -0.2) is 8.07 Å². The lowest BCUT2D eigenvalue weighted by molar-refractivity contribution is 0.661. The summed E-state index contributed by atoms with van der Waals surface area (Å²) >= 11 is 0. The van der Waals surface area contributed by atoms with Crippen molar-refractivity contribution in [3.63, 3.8) is 0 Å². The Kier molecular flexibility index (Phi) is 8.22. The number of rotatable bonds is 7. The summed E-state index contributed by atoms with van der Waals surface area (Å²) in [4.78, 5) is 4.78. The Morgan fingerprint density at radius 1 is 0.491 bits per heavy atom. The summed E-state index contributed by atoms with van der Waals surface area (Å²) in [5, 5.41) is 15.9. The first kappa shape index (κ1) is 34.4. The van der Waals surface area contributed by atoms with E-state index in [9.17, 15) is 5.26 Å². The molecule has 0 bridgehead atoms. The third kappa shape index (κ3) is 5.80. The molecule has 0 atom stereocenters. The van der Waals surface area contributed by atoms with Crippen molar-refractivity contribution in [1.82, 2.24) is 0 Å². The highest BCUT2D eigenvalue weighted by Gasteiger charge is 2.38. The van der Waals surface area contributed by atoms with Crippen LogP contribution in [0.4, 0.5) is 34.1 Å². The Morgan fingerprint density at radius 3 is 1.75 bits per heavy atom. The predicted octanol–water partition coefficient (Wildman–Crippen LogP) is 13.7. The van der Waals surface area contributed by atoms with Crippen LogP contribution >= 0.6 is 0 Å². The van der Waals surface area contributed by atoms with Crippen molar-refractivity contribution in [2.75, 3.05) is 9.80 Å². The highest BCUT2D eigenvalue weighted by molar-refractivity contribution is 6.88. The molecule has 1 aliphatic rings. The number of fused-ring (bicyclic) bond motifs is 6. The van der Waals surface area contributed by atoms with Crippen molar-refractivity contribution in [1.29, 1.82) is 5.26 Å². The summed E-state index contributed by atoms with van der Waals surface area (Å²) in [6.07, 6.45) is 0. The molecule has 9 rings (SSSR count). The summed E-state index contributed by atoms with van der Waals surface area (Å²) in [5.41, 5.74) is 12.2. The fourth-order valence-corrected chi connectivity index (χ4v) is 9.67. The van der Waals surface area contributed by atoms with E-state index in [1.807, 2.05) is 12.1 Å². The van der Waals surface area contributed by atoms with Crippen molar-refractivity contribution in [3.05, 3.63) is 187 Å². The van der Waals surface area contributed by atoms with Gasteiger partial charge in [0.15, 0.2) is 0 Å². The van der Waals surface area contributed by atoms with Crippen molar-refractivity contribution >= 4 is 68.9 Å². The Bertz CT molecular complexity index is 2770. The highest BCUT2D eigenvalue weighted by Crippen LogP contribution is 2.56. The maximum Gasteiger partial charge on any atom is 0.0991 e. The van der Waals surface area contributed by atoms with Crippen molar-refractivity contribution in [2.45, 2.75) is 38.9 Å². The molecule has 0 spiro atoms. The van der Waals surface area contributed by atoms with Gasteiger partial charge >= 0.3 is 0 Å². The SMILES string of the molecule is CC1(C)c2cc(N(c3ccc(C#N)cc3)c3cccc4ccccc34)ccc2-c2c1cc(N(c1ccccc1)c1ccc([Si](C)(C)C)cc1)c1ccccc21. The summed E-state index contributed by atoms with van der Waals surface area (Å²) in [7, 11) is -1.47. The summed E-state index contributed by atoms with van der Waals surface area (Å²) < 4.78 is 0. The summed E-state index contributed by atoms with van der Waals surface area (Å²) in [6.45, 7) is 12.0. The Labute approximate surface area is 325 Å². The lowest BCUT2D eigenvalue weighted by atomic mass is 9.81. The van der Waals surface area contributed by atoms with E-state index in [4.69, 9.17) is 0 Å². The zero-order valence-corrected chi connectivity index (χ0v) is 33.0. The molecule has 3 nitrogen and oxygen atoms in total. The second kappa shape index (κ2) is 13.2. The molecule has 0 aromatic heterocycles. The molecule has 266 valence electrons. The minimum absolute atomic E-state index is 0.293. The molecule has 0 fully saturated rings. The maximum atomic E-state index is 9.63. The number of nitriles is 1. The number of para-hydroxylation sites is 1. The second-order valence-corrected chi connectivity index (χ2v) is 21.3. The zero-order chi connectivity index (χ0) is 37.9. The molecule has 55 heavy (non-hydrogen) atoms. The molecule has 4 heteroatoms. The minimum Gasteiger partial charge on any atom is -0.310 e. The van der Waals surface area contributed by atoms with Crippen LogP contribution in [-0.2, 0) is 5.41 Å². The van der Waals surface area contributed by atoms with Crippen molar-refractivity contribution in [2.24, 2.45) is 0 Å². The molecule has 8 aromatic rings. The van der Waals surface area contributed by atoms with Gasteiger partial charge in [-0.05, 0) is 106 Å². The Hall–Kier alpha value is -6.41. The fraction of sp³-hybridized carbons (Fsp3) is 0.118. The van der Waals surface area contributed by atoms with Gasteiger partial charge in [0.05, 0.1) is 31.1 Å². The lowest BCUT2D eigenvalue weighted by Crippen LogP contribution is -2.37. The van der Waals surface area contributed by atoms with Gasteiger partial charge in [-0.1, -0.05) is 136 Å². The zero-order valence-electron chi connectivity index (χ0n) is 32.0. The molecule has 0 amide bonds. The smallest absolute Gasteiger partial charge is 0.0991 e. The standard InChI is InChI=1S/C51H43N3Si/c1-51(2)46-32-40(54(38-24-22-35(34-52)23-25-38)48-21-13-15-36-14-9-10-18-42(36)48)28-31-45(46)50-44-20-12-11-19-43(44)49(33-47(50)51)53(37-16-7-6-8-17-37)39-26-29-41(30-27-39)55(3,4)5/h6-33H,1-5H3. The van der Waals surface area contributed by atoms with Crippen LogP contribution in [0.2, 0.25) is 19.6 Å². The van der Waals surface area contributed by atoms with Gasteiger partial charge in [0.1, 0.15) is 0 Å². The van der Waals surface area contributed by atoms with Gasteiger partial charge < -0.3 is 9.80 Å². The monoisotopic (exact) mass is 725 g/mol. The van der Waals surface area contributed by atoms with Crippen LogP contribution in [0.1, 0.15) is 30.5 Å². The van der Waals surface area contributed by atoms with Gasteiger partial charge in [0, 0.05) is 38.9 Å². The van der Waals surface area contributed by atoms with Gasteiger partial charge in [0.2, 0.25) is 0 Å². The van der Waals surface area contributed by atoms with E-state index < -0.39 is 8.07 Å². The van der Waals surface area contributed by atoms with Gasteiger partial charge in [-0.15, -0.1) is 0 Å². The van der Waals surface area contributed by atoms with E-state index in [1.54, 1.807) is 0 Å². The predicted molar refractivity (Wildman–Crippen MR) is 236 cm³/mol. The number of nitrogens with zero attached hydrogens (tertiary/aromatic N) is 3. The van der Waals surface area contributed by atoms with Crippen LogP contribution in [0.5, 0.6) is 0 Å². The molecule has 0 heterocycles. The average Bonchev–Trinajstić information content (AvgIpc) is 3.44. The number of hydrogen-bond acceptors (Lipinski definition) is 3. The van der Waals surface area contributed by atoms with E-state index >= 15 is 0 Å². The van der Waals surface area contributed by atoms with Crippen LogP contribution in [0, 0.1) is 11.3 Å². The van der Waals surface area contributed by atoms with E-state index in [2.05, 4.69) is 207 Å². The molecule has 0 aliphatic heterocycles. The van der Waals surface area contributed by atoms with Crippen LogP contribution in [0.15, 0.2) is 170 Å². The van der Waals surface area contributed by atoms with E-state index in [1.165, 1.54) is 54.7 Å². The van der Waals surface area contributed by atoms with Crippen molar-refractivity contribution in [3.8, 4) is 17.2 Å². The molecule has 0 saturated carbocycles. The third-order valence-corrected chi connectivity index (χ3v) is 13.5. The first-order chi connectivity index (χ1) is 26.6. The van der Waals surface area contributed by atoms with E-state index in [0.717, 1.165) is 28.4 Å². The minimum atomic E-state index is -1.47. The quantitative estimate of drug-likeness (QED) is 0.153. The van der Waals surface area contributed by atoms with E-state index in [0.29, 0.717) is 5.56 Å². The molecule has 0 N–H and O–H groups in total. The van der Waals surface area contributed by atoms with E-state index in [-0.39, 0.29) is 5.41 Å². The molecular weight excluding hydrogens is 683 g/mol.